The molecular weight excluding hydrogens is 484 g/mol. The Balaban J connectivity index is 1.43. The van der Waals surface area contributed by atoms with Gasteiger partial charge in [0, 0.05) is 50.1 Å². The van der Waals surface area contributed by atoms with Crippen LogP contribution in [0.4, 0.5) is 5.69 Å². The fraction of sp³-hybridized carbons (Fsp3) is 0.393. The number of rotatable bonds is 15. The zero-order valence-corrected chi connectivity index (χ0v) is 21.8. The second-order valence-electron chi connectivity index (χ2n) is 8.99. The van der Waals surface area contributed by atoms with Crippen LogP contribution >= 0.6 is 0 Å². The van der Waals surface area contributed by atoms with Crippen molar-refractivity contribution < 1.29 is 19.1 Å². The van der Waals surface area contributed by atoms with Crippen molar-refractivity contribution in [2.45, 2.75) is 51.3 Å². The number of ether oxygens (including phenoxy) is 2. The Bertz CT molecular complexity index is 1200. The van der Waals surface area contributed by atoms with Gasteiger partial charge in [-0.1, -0.05) is 30.3 Å². The number of hydrogen-bond donors (Lipinski definition) is 4. The van der Waals surface area contributed by atoms with E-state index in [4.69, 9.17) is 26.7 Å². The van der Waals surface area contributed by atoms with Crippen molar-refractivity contribution in [3.05, 3.63) is 66.4 Å². The summed E-state index contributed by atoms with van der Waals surface area (Å²) in [6, 6.07) is 17.3. The van der Waals surface area contributed by atoms with Gasteiger partial charge in [0.25, 0.3) is 0 Å². The number of aliphatic imine (C=N–C) groups is 1. The average molecular weight is 523 g/mol. The third-order valence-corrected chi connectivity index (χ3v) is 6.06. The third-order valence-electron chi connectivity index (χ3n) is 6.06. The van der Waals surface area contributed by atoms with Crippen LogP contribution in [-0.4, -0.2) is 54.3 Å². The SMILES string of the molecule is CCOC(Cc1ccc(NCCCn2ccc3ccccc32)cc1)C(=O)OC(=O)[C@@H](N)CCCN=C(N)N. The fourth-order valence-corrected chi connectivity index (χ4v) is 4.08. The van der Waals surface area contributed by atoms with Gasteiger partial charge in [-0.3, -0.25) is 4.99 Å². The molecule has 1 unspecified atom stereocenters. The molecule has 204 valence electrons. The Morgan fingerprint density at radius 3 is 2.53 bits per heavy atom. The molecule has 0 fully saturated rings. The number of aromatic nitrogens is 1. The second kappa shape index (κ2) is 14.7. The van der Waals surface area contributed by atoms with Gasteiger partial charge < -0.3 is 36.6 Å². The molecular formula is C28H38N6O4. The van der Waals surface area contributed by atoms with E-state index in [1.165, 1.54) is 10.9 Å². The Morgan fingerprint density at radius 2 is 1.79 bits per heavy atom. The summed E-state index contributed by atoms with van der Waals surface area (Å²) < 4.78 is 12.8. The van der Waals surface area contributed by atoms with Gasteiger partial charge in [0.15, 0.2) is 12.1 Å². The lowest BCUT2D eigenvalue weighted by Gasteiger charge is -2.17. The Hall–Kier alpha value is -3.89. The van der Waals surface area contributed by atoms with Gasteiger partial charge in [0.1, 0.15) is 6.04 Å². The summed E-state index contributed by atoms with van der Waals surface area (Å²) in [6.07, 6.45) is 3.24. The van der Waals surface area contributed by atoms with Gasteiger partial charge >= 0.3 is 11.9 Å². The molecule has 0 saturated carbocycles. The molecule has 0 amide bonds. The highest BCUT2D eigenvalue weighted by Crippen LogP contribution is 2.16. The highest BCUT2D eigenvalue weighted by atomic mass is 16.6. The predicted octanol–water partition coefficient (Wildman–Crippen LogP) is 2.54. The number of aryl methyl sites for hydroxylation is 1. The minimum Gasteiger partial charge on any atom is -0.390 e. The number of carbonyl (C=O) groups excluding carboxylic acids is 2. The first-order chi connectivity index (χ1) is 18.4. The topological polar surface area (TPSA) is 160 Å². The number of esters is 2. The number of hydrogen-bond acceptors (Lipinski definition) is 7. The number of fused-ring (bicyclic) bond motifs is 1. The van der Waals surface area contributed by atoms with Crippen LogP contribution in [0.15, 0.2) is 65.8 Å². The average Bonchev–Trinajstić information content (AvgIpc) is 3.32. The van der Waals surface area contributed by atoms with Crippen molar-refractivity contribution in [2.75, 3.05) is 25.0 Å². The Morgan fingerprint density at radius 1 is 1.03 bits per heavy atom. The van der Waals surface area contributed by atoms with Crippen LogP contribution in [0.3, 0.4) is 0 Å². The van der Waals surface area contributed by atoms with Crippen LogP contribution < -0.4 is 22.5 Å². The number of guanidine groups is 1. The second-order valence-corrected chi connectivity index (χ2v) is 8.99. The standard InChI is InChI=1S/C28H38N6O4/c1-2-37-25(27(36)38-26(35)23(29)8-5-15-33-28(30)31)19-20-10-12-22(13-11-20)32-16-6-17-34-18-14-21-7-3-4-9-24(21)34/h3-4,7,9-14,18,23,25,32H,2,5-6,8,15-17,19,29H2,1H3,(H4,30,31,33)/t23-,25?/m0/s1. The van der Waals surface area contributed by atoms with Crippen molar-refractivity contribution in [3.63, 3.8) is 0 Å². The first-order valence-corrected chi connectivity index (χ1v) is 12.9. The summed E-state index contributed by atoms with van der Waals surface area (Å²) in [5.74, 6) is -1.57. The molecule has 10 nitrogen and oxygen atoms in total. The highest BCUT2D eigenvalue weighted by molar-refractivity contribution is 5.90. The van der Waals surface area contributed by atoms with Gasteiger partial charge in [-0.15, -0.1) is 0 Å². The molecule has 3 rings (SSSR count). The largest absolute Gasteiger partial charge is 0.390 e. The summed E-state index contributed by atoms with van der Waals surface area (Å²) in [7, 11) is 0. The molecule has 3 aromatic rings. The van der Waals surface area contributed by atoms with Crippen LogP contribution in [0.1, 0.15) is 31.7 Å². The van der Waals surface area contributed by atoms with Gasteiger partial charge in [-0.05, 0) is 61.4 Å². The normalized spacial score (nSPS) is 12.6. The van der Waals surface area contributed by atoms with E-state index in [-0.39, 0.29) is 12.4 Å². The number of benzene rings is 2. The highest BCUT2D eigenvalue weighted by Gasteiger charge is 2.26. The minimum absolute atomic E-state index is 0.0265. The quantitative estimate of drug-likeness (QED) is 0.0779. The molecule has 0 aliphatic heterocycles. The van der Waals surface area contributed by atoms with Crippen LogP contribution in [0, 0.1) is 0 Å². The van der Waals surface area contributed by atoms with Gasteiger partial charge in [-0.2, -0.15) is 0 Å². The van der Waals surface area contributed by atoms with Crippen LogP contribution in [0.25, 0.3) is 10.9 Å². The van der Waals surface area contributed by atoms with Crippen molar-refractivity contribution in [1.82, 2.24) is 4.57 Å². The maximum Gasteiger partial charge on any atom is 0.343 e. The van der Waals surface area contributed by atoms with Gasteiger partial charge in [0.05, 0.1) is 0 Å². The number of para-hydroxylation sites is 1. The molecule has 2 atom stereocenters. The number of nitrogens with one attached hydrogen (secondary N) is 1. The van der Waals surface area contributed by atoms with Gasteiger partial charge in [0.2, 0.25) is 0 Å². The monoisotopic (exact) mass is 522 g/mol. The van der Waals surface area contributed by atoms with E-state index in [0.717, 1.165) is 30.8 Å². The van der Waals surface area contributed by atoms with Crippen molar-refractivity contribution in [2.24, 2.45) is 22.2 Å². The van der Waals surface area contributed by atoms with E-state index < -0.39 is 24.1 Å². The molecule has 0 radical (unpaired) electrons. The molecule has 7 N–H and O–H groups in total. The fourth-order valence-electron chi connectivity index (χ4n) is 4.08. The zero-order valence-electron chi connectivity index (χ0n) is 21.8. The lowest BCUT2D eigenvalue weighted by Crippen LogP contribution is -2.38. The molecule has 2 aromatic carbocycles. The third kappa shape index (κ3) is 8.89. The van der Waals surface area contributed by atoms with E-state index in [9.17, 15) is 9.59 Å². The molecule has 1 heterocycles. The lowest BCUT2D eigenvalue weighted by molar-refractivity contribution is -0.169. The van der Waals surface area contributed by atoms with Crippen LogP contribution in [-0.2, 0) is 32.0 Å². The molecule has 0 aliphatic carbocycles. The zero-order chi connectivity index (χ0) is 27.3. The molecule has 1 aromatic heterocycles. The molecule has 10 heteroatoms. The van der Waals surface area contributed by atoms with Gasteiger partial charge in [-0.25, -0.2) is 9.59 Å². The number of anilines is 1. The van der Waals surface area contributed by atoms with Crippen molar-refractivity contribution in [3.8, 4) is 0 Å². The minimum atomic E-state index is -0.947. The van der Waals surface area contributed by atoms with Crippen molar-refractivity contribution >= 4 is 34.5 Å². The smallest absolute Gasteiger partial charge is 0.343 e. The first-order valence-electron chi connectivity index (χ1n) is 12.9. The molecule has 38 heavy (non-hydrogen) atoms. The Labute approximate surface area is 223 Å². The van der Waals surface area contributed by atoms with Crippen LogP contribution in [0.2, 0.25) is 0 Å². The summed E-state index contributed by atoms with van der Waals surface area (Å²) in [4.78, 5) is 28.7. The lowest BCUT2D eigenvalue weighted by atomic mass is 10.1. The van der Waals surface area contributed by atoms with E-state index in [2.05, 4.69) is 45.3 Å². The summed E-state index contributed by atoms with van der Waals surface area (Å²) >= 11 is 0. The van der Waals surface area contributed by atoms with E-state index in [1.807, 2.05) is 30.3 Å². The summed E-state index contributed by atoms with van der Waals surface area (Å²) in [6.45, 7) is 4.17. The predicted molar refractivity (Wildman–Crippen MR) is 150 cm³/mol. The number of nitrogens with two attached hydrogens (primary N) is 3. The first kappa shape index (κ1) is 28.7. The summed E-state index contributed by atoms with van der Waals surface area (Å²) in [5, 5.41) is 4.68. The molecule has 0 saturated heterocycles. The Kier molecular flexibility index (Phi) is 11.1. The number of nitrogens with zero attached hydrogens (tertiary/aromatic N) is 2. The van der Waals surface area contributed by atoms with Crippen molar-refractivity contribution in [1.29, 1.82) is 0 Å². The molecule has 0 bridgehead atoms. The molecule has 0 aliphatic rings. The maximum absolute atomic E-state index is 12.6. The maximum atomic E-state index is 12.6. The van der Waals surface area contributed by atoms with E-state index in [0.29, 0.717) is 26.0 Å². The van der Waals surface area contributed by atoms with Crippen LogP contribution in [0.5, 0.6) is 0 Å². The molecule has 0 spiro atoms. The summed E-state index contributed by atoms with van der Waals surface area (Å²) in [5.41, 5.74) is 19.5. The number of carbonyl (C=O) groups is 2. The van der Waals surface area contributed by atoms with E-state index in [1.54, 1.807) is 6.92 Å². The van der Waals surface area contributed by atoms with E-state index >= 15 is 0 Å².